The van der Waals surface area contributed by atoms with Gasteiger partial charge in [0.1, 0.15) is 16.6 Å². The van der Waals surface area contributed by atoms with Crippen molar-refractivity contribution in [2.45, 2.75) is 339 Å². The lowest BCUT2D eigenvalue weighted by Gasteiger charge is -2.41. The fourth-order valence-electron chi connectivity index (χ4n) is 11.3. The molecule has 0 rings (SSSR count). The van der Waals surface area contributed by atoms with Crippen LogP contribution in [-0.4, -0.2) is 165 Å². The molecule has 17 heteroatoms. The largest absolute Gasteiger partial charge is 0.501 e. The summed E-state index contributed by atoms with van der Waals surface area (Å²) in [6.45, 7) is 4.86. The predicted molar refractivity (Wildman–Crippen MR) is 356 cm³/mol. The van der Waals surface area contributed by atoms with Gasteiger partial charge in [0.25, 0.3) is 0 Å². The second kappa shape index (κ2) is 56.0. The van der Waals surface area contributed by atoms with Crippen molar-refractivity contribution in [2.75, 3.05) is 86.6 Å². The number of carbonyl (C=O) groups is 3. The van der Waals surface area contributed by atoms with E-state index >= 15 is 0 Å². The van der Waals surface area contributed by atoms with Crippen LogP contribution in [0.5, 0.6) is 0 Å². The Morgan fingerprint density at radius 2 is 0.512 bits per heavy atom. The molecule has 0 aliphatic carbocycles. The Morgan fingerprint density at radius 3 is 0.733 bits per heavy atom. The first-order valence-corrected chi connectivity index (χ1v) is 37.9. The number of quaternary nitrogens is 1. The molecule has 0 bridgehead atoms. The quantitative estimate of drug-likeness (QED) is 0.0157. The molecule has 0 aromatic heterocycles. The van der Waals surface area contributed by atoms with Crippen LogP contribution < -0.4 is 16.0 Å². The summed E-state index contributed by atoms with van der Waals surface area (Å²) in [5.41, 5.74) is -5.06. The average molecular weight is 1250 g/mol. The molecule has 0 aliphatic heterocycles. The van der Waals surface area contributed by atoms with E-state index < -0.39 is 84.9 Å². The van der Waals surface area contributed by atoms with Crippen LogP contribution in [0.4, 0.5) is 0 Å². The number of unbranched alkanes of at least 4 members (excludes halogenated alkanes) is 37. The van der Waals surface area contributed by atoms with Gasteiger partial charge >= 0.3 is 8.80 Å². The van der Waals surface area contributed by atoms with E-state index in [2.05, 4.69) is 57.7 Å². The van der Waals surface area contributed by atoms with Crippen LogP contribution in [-0.2, 0) is 27.7 Å². The van der Waals surface area contributed by atoms with Crippen molar-refractivity contribution in [3.05, 3.63) is 0 Å². The summed E-state index contributed by atoms with van der Waals surface area (Å²) in [5.74, 6) is -1.08. The molecule has 3 amide bonds. The molecule has 0 radical (unpaired) electrons. The molecule has 0 fully saturated rings. The number of nitrogens with one attached hydrogen (secondary N) is 3. The van der Waals surface area contributed by atoms with Gasteiger partial charge in [0.05, 0.1) is 86.6 Å². The lowest BCUT2D eigenvalue weighted by Crippen LogP contribution is -2.64. The number of amides is 3. The van der Waals surface area contributed by atoms with Crippen LogP contribution in [0.3, 0.4) is 0 Å². The Hall–Kier alpha value is -1.77. The van der Waals surface area contributed by atoms with E-state index in [0.29, 0.717) is 36.7 Å². The number of aliphatic hydroxyl groups is 6. The summed E-state index contributed by atoms with van der Waals surface area (Å²) >= 11 is 0. The first-order valence-electron chi connectivity index (χ1n) is 35.9. The number of aliphatic hydroxyl groups excluding tert-OH is 6. The van der Waals surface area contributed by atoms with Crippen molar-refractivity contribution >= 4 is 26.5 Å². The van der Waals surface area contributed by atoms with Crippen LogP contribution in [0.2, 0.25) is 6.04 Å². The molecule has 0 aromatic carbocycles. The highest BCUT2D eigenvalue weighted by molar-refractivity contribution is 6.60. The standard InChI is InChI=1S/C69H140N4O12Si/c1-7-11-15-19-23-27-28-29-30-31-35-39-43-47-52-73(5,6)53-48-54-86(83-61-67(55-74,56-75)70-64(80)49-44-40-36-32-24-20-16-12-8-2,84-62-68(57-76,58-77)71-65(81)50-45-41-37-33-25-21-17-13-9-3)85-63-69(59-78,60-79)72-66(82)51-46-42-38-34-26-22-18-14-10-4/h74-79H,7-63H2,1-6H3,(H2-,70,71,72,80,81,82)/p+1. The summed E-state index contributed by atoms with van der Waals surface area (Å²) in [4.78, 5) is 40.9. The first-order chi connectivity index (χ1) is 41.6. The minimum absolute atomic E-state index is 0.116. The maximum absolute atomic E-state index is 13.6. The summed E-state index contributed by atoms with van der Waals surface area (Å²) in [6, 6.07) is 0.116. The van der Waals surface area contributed by atoms with Crippen molar-refractivity contribution in [1.29, 1.82) is 0 Å². The van der Waals surface area contributed by atoms with Crippen molar-refractivity contribution in [3.63, 3.8) is 0 Å². The van der Waals surface area contributed by atoms with Gasteiger partial charge in [-0.2, -0.15) is 0 Å². The zero-order chi connectivity index (χ0) is 63.8. The zero-order valence-electron chi connectivity index (χ0n) is 56.9. The third-order valence-corrected chi connectivity index (χ3v) is 20.3. The number of hydrogen-bond acceptors (Lipinski definition) is 12. The minimum Gasteiger partial charge on any atom is -0.394 e. The second-order valence-corrected chi connectivity index (χ2v) is 29.5. The first kappa shape index (κ1) is 84.2. The molecule has 0 heterocycles. The molecule has 0 aromatic rings. The normalized spacial score (nSPS) is 12.6. The minimum atomic E-state index is -4.34. The monoisotopic (exact) mass is 1250 g/mol. The molecule has 0 spiro atoms. The topological polar surface area (TPSA) is 236 Å². The second-order valence-electron chi connectivity index (χ2n) is 26.8. The molecule has 512 valence electrons. The van der Waals surface area contributed by atoms with Crippen LogP contribution >= 0.6 is 0 Å². The third-order valence-electron chi connectivity index (χ3n) is 17.6. The van der Waals surface area contributed by atoms with Crippen LogP contribution in [0.25, 0.3) is 0 Å². The van der Waals surface area contributed by atoms with E-state index in [4.69, 9.17) is 13.3 Å². The molecule has 9 N–H and O–H groups in total. The number of rotatable bonds is 67. The summed E-state index contributed by atoms with van der Waals surface area (Å²) in [7, 11) is 0.0177. The zero-order valence-corrected chi connectivity index (χ0v) is 57.9. The molecule has 86 heavy (non-hydrogen) atoms. The van der Waals surface area contributed by atoms with Crippen molar-refractivity contribution in [2.24, 2.45) is 0 Å². The van der Waals surface area contributed by atoms with Gasteiger partial charge in [-0.15, -0.1) is 0 Å². The van der Waals surface area contributed by atoms with Crippen LogP contribution in [0.1, 0.15) is 317 Å². The predicted octanol–water partition coefficient (Wildman–Crippen LogP) is 13.2. The lowest BCUT2D eigenvalue weighted by molar-refractivity contribution is -0.890. The van der Waals surface area contributed by atoms with E-state index in [1.165, 1.54) is 173 Å². The van der Waals surface area contributed by atoms with Gasteiger partial charge < -0.3 is 64.4 Å². The van der Waals surface area contributed by atoms with Gasteiger partial charge in [-0.3, -0.25) is 14.4 Å². The molecule has 0 saturated heterocycles. The summed E-state index contributed by atoms with van der Waals surface area (Å²) < 4.78 is 21.1. The van der Waals surface area contributed by atoms with Gasteiger partial charge in [0.2, 0.25) is 17.7 Å². The van der Waals surface area contributed by atoms with Crippen molar-refractivity contribution < 1.29 is 62.8 Å². The lowest BCUT2D eigenvalue weighted by atomic mass is 10.0. The highest BCUT2D eigenvalue weighted by Crippen LogP contribution is 2.27. The summed E-state index contributed by atoms with van der Waals surface area (Å²) in [6.07, 6.45) is 48.0. The van der Waals surface area contributed by atoms with Crippen LogP contribution in [0, 0.1) is 0 Å². The average Bonchev–Trinajstić information content (AvgIpc) is 2.92. The Morgan fingerprint density at radius 1 is 0.314 bits per heavy atom. The maximum atomic E-state index is 13.6. The van der Waals surface area contributed by atoms with Gasteiger partial charge in [-0.05, 0) is 32.1 Å². The highest BCUT2D eigenvalue weighted by atomic mass is 28.4. The number of nitrogens with zero attached hydrogens (tertiary/aromatic N) is 1. The van der Waals surface area contributed by atoms with Crippen molar-refractivity contribution in [3.8, 4) is 0 Å². The van der Waals surface area contributed by atoms with E-state index in [-0.39, 0.29) is 43.0 Å². The number of carbonyl (C=O) groups excluding carboxylic acids is 3. The molecule has 0 saturated carbocycles. The fraction of sp³-hybridized carbons (Fsp3) is 0.957. The number of hydrogen-bond donors (Lipinski definition) is 9. The SMILES string of the molecule is CCCCCCCCCCCCCCCC[N+](C)(C)CCC[Si](OCC(CO)(CO)NC(=O)CCCCCCCCCCC)(OCC(CO)(CO)NC(=O)CCCCCCCCCCC)OCC(CO)(CO)NC(=O)CCCCCCCCCCC. The van der Waals surface area contributed by atoms with Gasteiger partial charge in [-0.25, -0.2) is 0 Å². The Balaban J connectivity index is 6.76. The molecule has 0 atom stereocenters. The fourth-order valence-corrected chi connectivity index (χ4v) is 14.1. The third kappa shape index (κ3) is 44.7. The van der Waals surface area contributed by atoms with Gasteiger partial charge in [0.15, 0.2) is 0 Å². The molecular weight excluding hydrogens is 1100 g/mol. The smallest absolute Gasteiger partial charge is 0.394 e. The van der Waals surface area contributed by atoms with E-state index in [1.54, 1.807) is 0 Å². The molecule has 0 unspecified atom stereocenters. The maximum Gasteiger partial charge on any atom is 0.501 e. The van der Waals surface area contributed by atoms with Gasteiger partial charge in [0, 0.05) is 31.7 Å². The Labute approximate surface area is 529 Å². The summed E-state index contributed by atoms with van der Waals surface area (Å²) in [5, 5.41) is 74.6. The van der Waals surface area contributed by atoms with E-state index in [1.807, 2.05) is 0 Å². The highest BCUT2D eigenvalue weighted by Gasteiger charge is 2.49. The van der Waals surface area contributed by atoms with Crippen LogP contribution in [0.15, 0.2) is 0 Å². The Bertz CT molecular complexity index is 1420. The molecular formula is C69H141N4O12Si+. The van der Waals surface area contributed by atoms with Gasteiger partial charge in [-0.1, -0.05) is 259 Å². The van der Waals surface area contributed by atoms with E-state index in [0.717, 1.165) is 77.2 Å². The van der Waals surface area contributed by atoms with E-state index in [9.17, 15) is 45.0 Å². The molecule has 16 nitrogen and oxygen atoms in total. The molecule has 0 aliphatic rings. The van der Waals surface area contributed by atoms with Crippen molar-refractivity contribution in [1.82, 2.24) is 16.0 Å². The Kier molecular flexibility index (Phi) is 54.9.